The fourth-order valence-corrected chi connectivity index (χ4v) is 2.39. The van der Waals surface area contributed by atoms with Crippen molar-refractivity contribution < 1.29 is 14.0 Å². The van der Waals surface area contributed by atoms with Crippen molar-refractivity contribution in [2.45, 2.75) is 31.8 Å². The summed E-state index contributed by atoms with van der Waals surface area (Å²) >= 11 is 0. The van der Waals surface area contributed by atoms with E-state index in [9.17, 15) is 14.0 Å². The van der Waals surface area contributed by atoms with Gasteiger partial charge in [-0.2, -0.15) is 0 Å². The third kappa shape index (κ3) is 4.79. The van der Waals surface area contributed by atoms with Crippen LogP contribution in [0.2, 0.25) is 0 Å². The van der Waals surface area contributed by atoms with Gasteiger partial charge in [0.2, 0.25) is 0 Å². The maximum Gasteiger partial charge on any atom is 0.315 e. The van der Waals surface area contributed by atoms with Gasteiger partial charge in [-0.15, -0.1) is 0 Å². The number of hydrogen-bond donors (Lipinski definition) is 3. The van der Waals surface area contributed by atoms with Crippen LogP contribution in [-0.4, -0.2) is 18.0 Å². The molecular weight excluding hydrogens is 321 g/mol. The molecule has 0 heterocycles. The zero-order valence-corrected chi connectivity index (χ0v) is 13.9. The number of rotatable bonds is 5. The minimum atomic E-state index is -0.381. The zero-order valence-electron chi connectivity index (χ0n) is 13.9. The van der Waals surface area contributed by atoms with Gasteiger partial charge in [-0.25, -0.2) is 9.18 Å². The first-order valence-electron chi connectivity index (χ1n) is 8.25. The van der Waals surface area contributed by atoms with Crippen molar-refractivity contribution in [3.63, 3.8) is 0 Å². The molecule has 1 fully saturated rings. The van der Waals surface area contributed by atoms with Crippen LogP contribution in [-0.2, 0) is 0 Å². The minimum absolute atomic E-state index is 0.138. The van der Waals surface area contributed by atoms with Crippen LogP contribution in [0, 0.1) is 5.82 Å². The number of amides is 3. The van der Waals surface area contributed by atoms with Crippen LogP contribution in [0.1, 0.15) is 41.7 Å². The largest absolute Gasteiger partial charge is 0.335 e. The second kappa shape index (κ2) is 7.34. The average Bonchev–Trinajstić information content (AvgIpc) is 3.39. The lowest BCUT2D eigenvalue weighted by Crippen LogP contribution is -2.38. The fourth-order valence-electron chi connectivity index (χ4n) is 2.39. The van der Waals surface area contributed by atoms with E-state index in [0.717, 1.165) is 18.4 Å². The van der Waals surface area contributed by atoms with Crippen molar-refractivity contribution in [1.29, 1.82) is 0 Å². The van der Waals surface area contributed by atoms with Crippen molar-refractivity contribution in [2.75, 3.05) is 5.32 Å². The Morgan fingerprint density at radius 1 is 1.04 bits per heavy atom. The number of carbonyl (C=O) groups is 2. The number of anilines is 1. The van der Waals surface area contributed by atoms with E-state index in [1.165, 1.54) is 24.3 Å². The molecule has 0 radical (unpaired) electrons. The number of hydrogen-bond acceptors (Lipinski definition) is 2. The molecule has 1 aliphatic carbocycles. The second-order valence-electron chi connectivity index (χ2n) is 6.20. The Morgan fingerprint density at radius 3 is 2.28 bits per heavy atom. The zero-order chi connectivity index (χ0) is 17.8. The third-order valence-electron chi connectivity index (χ3n) is 4.04. The molecule has 25 heavy (non-hydrogen) atoms. The maximum absolute atomic E-state index is 12.9. The molecule has 3 amide bonds. The molecule has 1 saturated carbocycles. The maximum atomic E-state index is 12.9. The van der Waals surface area contributed by atoms with E-state index in [-0.39, 0.29) is 23.8 Å². The molecule has 2 aromatic rings. The number of carbonyl (C=O) groups excluding carboxylic acids is 2. The van der Waals surface area contributed by atoms with Crippen LogP contribution in [0.5, 0.6) is 0 Å². The Balaban J connectivity index is 1.56. The lowest BCUT2D eigenvalue weighted by Gasteiger charge is -2.15. The summed E-state index contributed by atoms with van der Waals surface area (Å²) in [7, 11) is 0. The highest BCUT2D eigenvalue weighted by molar-refractivity contribution is 6.04. The summed E-state index contributed by atoms with van der Waals surface area (Å²) in [5.74, 6) is -0.684. The number of benzene rings is 2. The molecule has 0 aliphatic heterocycles. The van der Waals surface area contributed by atoms with Crippen LogP contribution in [0.25, 0.3) is 0 Å². The molecule has 0 aromatic heterocycles. The predicted molar refractivity (Wildman–Crippen MR) is 93.9 cm³/mol. The number of nitrogens with one attached hydrogen (secondary N) is 3. The SMILES string of the molecule is C[C@H](NC(=O)NC1CC1)c1ccc(NC(=O)c2ccc(F)cc2)cc1. The van der Waals surface area contributed by atoms with E-state index < -0.39 is 0 Å². The van der Waals surface area contributed by atoms with Gasteiger partial charge in [-0.3, -0.25) is 4.79 Å². The van der Waals surface area contributed by atoms with Gasteiger partial charge in [-0.1, -0.05) is 12.1 Å². The summed E-state index contributed by atoms with van der Waals surface area (Å²) < 4.78 is 12.9. The minimum Gasteiger partial charge on any atom is -0.335 e. The van der Waals surface area contributed by atoms with Gasteiger partial charge >= 0.3 is 6.03 Å². The van der Waals surface area contributed by atoms with E-state index in [0.29, 0.717) is 17.3 Å². The Bertz CT molecular complexity index is 755. The summed E-state index contributed by atoms with van der Waals surface area (Å²) in [5.41, 5.74) is 1.95. The number of halogens is 1. The topological polar surface area (TPSA) is 70.2 Å². The fraction of sp³-hybridized carbons (Fsp3) is 0.263. The van der Waals surface area contributed by atoms with Crippen LogP contribution in [0.3, 0.4) is 0 Å². The average molecular weight is 341 g/mol. The molecule has 3 rings (SSSR count). The van der Waals surface area contributed by atoms with Gasteiger partial charge in [0.1, 0.15) is 5.82 Å². The molecule has 6 heteroatoms. The van der Waals surface area contributed by atoms with Crippen LogP contribution < -0.4 is 16.0 Å². The molecule has 2 aromatic carbocycles. The van der Waals surface area contributed by atoms with E-state index in [1.54, 1.807) is 12.1 Å². The van der Waals surface area contributed by atoms with E-state index >= 15 is 0 Å². The summed E-state index contributed by atoms with van der Waals surface area (Å²) in [6.45, 7) is 1.90. The van der Waals surface area contributed by atoms with E-state index in [2.05, 4.69) is 16.0 Å². The lowest BCUT2D eigenvalue weighted by atomic mass is 10.1. The molecular formula is C19H20FN3O2. The Hall–Kier alpha value is -2.89. The predicted octanol–water partition coefficient (Wildman–Crippen LogP) is 3.60. The molecule has 0 unspecified atom stereocenters. The van der Waals surface area contributed by atoms with Gasteiger partial charge in [0.15, 0.2) is 0 Å². The molecule has 1 atom stereocenters. The van der Waals surface area contributed by atoms with Crippen LogP contribution in [0.4, 0.5) is 14.9 Å². The lowest BCUT2D eigenvalue weighted by molar-refractivity contribution is 0.102. The first-order valence-corrected chi connectivity index (χ1v) is 8.25. The summed E-state index contributed by atoms with van der Waals surface area (Å²) in [6.07, 6.45) is 2.09. The normalized spacial score (nSPS) is 14.5. The highest BCUT2D eigenvalue weighted by atomic mass is 19.1. The Labute approximate surface area is 145 Å². The van der Waals surface area contributed by atoms with Crippen LogP contribution >= 0.6 is 0 Å². The molecule has 5 nitrogen and oxygen atoms in total. The van der Waals surface area contributed by atoms with Crippen molar-refractivity contribution in [2.24, 2.45) is 0 Å². The molecule has 1 aliphatic rings. The molecule has 0 saturated heterocycles. The van der Waals surface area contributed by atoms with Gasteiger partial charge in [0.05, 0.1) is 6.04 Å². The second-order valence-corrected chi connectivity index (χ2v) is 6.20. The molecule has 3 N–H and O–H groups in total. The monoisotopic (exact) mass is 341 g/mol. The Kier molecular flexibility index (Phi) is 4.97. The van der Waals surface area contributed by atoms with Gasteiger partial charge < -0.3 is 16.0 Å². The Morgan fingerprint density at radius 2 is 1.68 bits per heavy atom. The summed E-state index contributed by atoms with van der Waals surface area (Å²) in [4.78, 5) is 23.9. The van der Waals surface area contributed by atoms with Crippen molar-refractivity contribution >= 4 is 17.6 Å². The van der Waals surface area contributed by atoms with Crippen molar-refractivity contribution in [1.82, 2.24) is 10.6 Å². The smallest absolute Gasteiger partial charge is 0.315 e. The first-order chi connectivity index (χ1) is 12.0. The van der Waals surface area contributed by atoms with Crippen LogP contribution in [0.15, 0.2) is 48.5 Å². The summed E-state index contributed by atoms with van der Waals surface area (Å²) in [5, 5.41) is 8.52. The van der Waals surface area contributed by atoms with E-state index in [4.69, 9.17) is 0 Å². The highest BCUT2D eigenvalue weighted by Gasteiger charge is 2.23. The standard InChI is InChI=1S/C19H20FN3O2/c1-12(21-19(25)23-17-10-11-17)13-4-8-16(9-5-13)22-18(24)14-2-6-15(20)7-3-14/h2-9,12,17H,10-11H2,1H3,(H,22,24)(H2,21,23,25)/t12-/m0/s1. The van der Waals surface area contributed by atoms with Crippen molar-refractivity contribution in [3.8, 4) is 0 Å². The van der Waals surface area contributed by atoms with E-state index in [1.807, 2.05) is 19.1 Å². The molecule has 0 spiro atoms. The quantitative estimate of drug-likeness (QED) is 0.778. The summed E-state index contributed by atoms with van der Waals surface area (Å²) in [6, 6.07) is 12.6. The third-order valence-corrected chi connectivity index (χ3v) is 4.04. The van der Waals surface area contributed by atoms with Gasteiger partial charge in [0, 0.05) is 17.3 Å². The van der Waals surface area contributed by atoms with Gasteiger partial charge in [-0.05, 0) is 61.7 Å². The van der Waals surface area contributed by atoms with Crippen molar-refractivity contribution in [3.05, 3.63) is 65.5 Å². The highest BCUT2D eigenvalue weighted by Crippen LogP contribution is 2.20. The first kappa shape index (κ1) is 17.0. The van der Waals surface area contributed by atoms with Gasteiger partial charge in [0.25, 0.3) is 5.91 Å². The molecule has 0 bridgehead atoms. The number of urea groups is 1. The molecule has 130 valence electrons.